The van der Waals surface area contributed by atoms with Crippen molar-refractivity contribution in [2.75, 3.05) is 19.5 Å². The topological polar surface area (TPSA) is 55.7 Å². The molecule has 0 radical (unpaired) electrons. The van der Waals surface area contributed by atoms with E-state index in [-0.39, 0.29) is 12.1 Å². The Labute approximate surface area is 209 Å². The fourth-order valence-corrected chi connectivity index (χ4v) is 4.82. The number of para-hydroxylation sites is 1. The summed E-state index contributed by atoms with van der Waals surface area (Å²) in [5.74, 6) is 1.24. The number of rotatable bonds is 4. The molecule has 0 unspecified atom stereocenters. The minimum atomic E-state index is -0.378. The molecule has 0 bridgehead atoms. The van der Waals surface area contributed by atoms with Crippen molar-refractivity contribution in [3.63, 3.8) is 0 Å². The molecule has 0 fully saturated rings. The predicted octanol–water partition coefficient (Wildman–Crippen LogP) is 6.59. The van der Waals surface area contributed by atoms with Crippen LogP contribution in [0.1, 0.15) is 28.4 Å². The fraction of sp³-hybridized carbons (Fsp3) is 0.179. The largest absolute Gasteiger partial charge is 0.493 e. The first-order valence-electron chi connectivity index (χ1n) is 11.3. The van der Waals surface area contributed by atoms with Gasteiger partial charge in [-0.2, -0.15) is 0 Å². The van der Waals surface area contributed by atoms with Crippen LogP contribution in [0.25, 0.3) is 5.69 Å². The maximum Gasteiger partial charge on any atom is 0.322 e. The number of nitrogens with one attached hydrogen (secondary N) is 1. The zero-order chi connectivity index (χ0) is 24.5. The molecule has 0 aliphatic carbocycles. The molecule has 1 N–H and O–H groups in total. The van der Waals surface area contributed by atoms with E-state index in [1.54, 1.807) is 14.2 Å². The third kappa shape index (κ3) is 4.10. The minimum Gasteiger partial charge on any atom is -0.493 e. The molecule has 5 rings (SSSR count). The Morgan fingerprint density at radius 2 is 1.77 bits per heavy atom. The molecule has 0 spiro atoms. The maximum absolute atomic E-state index is 13.9. The van der Waals surface area contributed by atoms with E-state index in [1.165, 1.54) is 0 Å². The van der Waals surface area contributed by atoms with Gasteiger partial charge in [0.1, 0.15) is 0 Å². The summed E-state index contributed by atoms with van der Waals surface area (Å²) >= 11 is 6.32. The third-order valence-corrected chi connectivity index (χ3v) is 6.87. The number of hydrogen-bond acceptors (Lipinski definition) is 3. The molecule has 3 aromatic carbocycles. The Hall–Kier alpha value is -3.90. The zero-order valence-corrected chi connectivity index (χ0v) is 20.5. The highest BCUT2D eigenvalue weighted by molar-refractivity contribution is 6.31. The second-order valence-corrected chi connectivity index (χ2v) is 8.83. The van der Waals surface area contributed by atoms with Gasteiger partial charge in [-0.3, -0.25) is 0 Å². The molecule has 35 heavy (non-hydrogen) atoms. The van der Waals surface area contributed by atoms with Crippen LogP contribution in [0.3, 0.4) is 0 Å². The van der Waals surface area contributed by atoms with Crippen molar-refractivity contribution in [2.45, 2.75) is 19.5 Å². The van der Waals surface area contributed by atoms with E-state index in [0.29, 0.717) is 28.8 Å². The van der Waals surface area contributed by atoms with E-state index < -0.39 is 0 Å². The lowest BCUT2D eigenvalue weighted by molar-refractivity contribution is 0.194. The number of fused-ring (bicyclic) bond motifs is 3. The van der Waals surface area contributed by atoms with Gasteiger partial charge in [0.2, 0.25) is 0 Å². The number of ether oxygens (including phenoxy) is 2. The Balaban J connectivity index is 1.65. The van der Waals surface area contributed by atoms with Crippen molar-refractivity contribution in [3.8, 4) is 17.2 Å². The summed E-state index contributed by atoms with van der Waals surface area (Å²) in [6, 6.07) is 22.9. The van der Waals surface area contributed by atoms with Gasteiger partial charge in [0.05, 0.1) is 32.5 Å². The SMILES string of the molecule is COc1ccc([C@H]2c3cccn3-c3ccccc3CN2C(=O)Nc2cccc(Cl)c2C)cc1OC. The van der Waals surface area contributed by atoms with Crippen molar-refractivity contribution in [2.24, 2.45) is 0 Å². The number of benzene rings is 3. The highest BCUT2D eigenvalue weighted by Gasteiger charge is 2.33. The highest BCUT2D eigenvalue weighted by atomic mass is 35.5. The zero-order valence-electron chi connectivity index (χ0n) is 19.8. The van der Waals surface area contributed by atoms with E-state index in [0.717, 1.165) is 28.1 Å². The molecule has 6 nitrogen and oxygen atoms in total. The first-order chi connectivity index (χ1) is 17.0. The number of nitrogens with zero attached hydrogens (tertiary/aromatic N) is 2. The molecule has 0 saturated heterocycles. The first-order valence-corrected chi connectivity index (χ1v) is 11.7. The lowest BCUT2D eigenvalue weighted by Crippen LogP contribution is -2.38. The van der Waals surface area contributed by atoms with Crippen LogP contribution in [0.4, 0.5) is 10.5 Å². The Morgan fingerprint density at radius 1 is 0.971 bits per heavy atom. The van der Waals surface area contributed by atoms with Gasteiger partial charge in [0, 0.05) is 22.6 Å². The molecule has 0 saturated carbocycles. The summed E-state index contributed by atoms with van der Waals surface area (Å²) in [4.78, 5) is 15.7. The van der Waals surface area contributed by atoms with Gasteiger partial charge in [-0.25, -0.2) is 4.79 Å². The summed E-state index contributed by atoms with van der Waals surface area (Å²) in [7, 11) is 3.22. The maximum atomic E-state index is 13.9. The van der Waals surface area contributed by atoms with Crippen LogP contribution >= 0.6 is 11.6 Å². The molecule has 178 valence electrons. The number of carbonyl (C=O) groups is 1. The van der Waals surface area contributed by atoms with E-state index in [4.69, 9.17) is 21.1 Å². The van der Waals surface area contributed by atoms with E-state index in [2.05, 4.69) is 22.0 Å². The lowest BCUT2D eigenvalue weighted by atomic mass is 10.0. The number of carbonyl (C=O) groups excluding carboxylic acids is 1. The van der Waals surface area contributed by atoms with Crippen molar-refractivity contribution in [1.29, 1.82) is 0 Å². The lowest BCUT2D eigenvalue weighted by Gasteiger charge is -2.31. The van der Waals surface area contributed by atoms with E-state index in [1.807, 2.05) is 78.7 Å². The van der Waals surface area contributed by atoms with Gasteiger partial charge in [0.15, 0.2) is 11.5 Å². The Morgan fingerprint density at radius 3 is 2.57 bits per heavy atom. The average Bonchev–Trinajstić information content (AvgIpc) is 3.30. The molecule has 7 heteroatoms. The van der Waals surface area contributed by atoms with E-state index >= 15 is 0 Å². The molecule has 1 aliphatic heterocycles. The van der Waals surface area contributed by atoms with Crippen LogP contribution in [0.15, 0.2) is 79.0 Å². The summed E-state index contributed by atoms with van der Waals surface area (Å²) < 4.78 is 13.2. The molecule has 1 atom stereocenters. The minimum absolute atomic E-state index is 0.223. The third-order valence-electron chi connectivity index (χ3n) is 6.46. The van der Waals surface area contributed by atoms with Gasteiger partial charge in [-0.1, -0.05) is 41.9 Å². The van der Waals surface area contributed by atoms with Crippen molar-refractivity contribution >= 4 is 23.3 Å². The molecule has 1 aliphatic rings. The quantitative estimate of drug-likeness (QED) is 0.353. The summed E-state index contributed by atoms with van der Waals surface area (Å²) in [6.45, 7) is 2.31. The Bertz CT molecular complexity index is 1400. The van der Waals surface area contributed by atoms with Gasteiger partial charge in [0.25, 0.3) is 0 Å². The van der Waals surface area contributed by atoms with Crippen LogP contribution in [0, 0.1) is 6.92 Å². The fourth-order valence-electron chi connectivity index (χ4n) is 4.64. The molecule has 2 heterocycles. The molecule has 4 aromatic rings. The van der Waals surface area contributed by atoms with Crippen LogP contribution in [-0.2, 0) is 6.54 Å². The van der Waals surface area contributed by atoms with Crippen LogP contribution < -0.4 is 14.8 Å². The monoisotopic (exact) mass is 487 g/mol. The summed E-state index contributed by atoms with van der Waals surface area (Å²) in [6.07, 6.45) is 2.03. The van der Waals surface area contributed by atoms with Crippen LogP contribution in [0.2, 0.25) is 5.02 Å². The molecule has 1 aromatic heterocycles. The molecular formula is C28H26ClN3O3. The predicted molar refractivity (Wildman–Crippen MR) is 138 cm³/mol. The molecule has 2 amide bonds. The average molecular weight is 488 g/mol. The van der Waals surface area contributed by atoms with Crippen molar-refractivity contribution in [3.05, 3.63) is 106 Å². The normalized spacial score (nSPS) is 14.5. The highest BCUT2D eigenvalue weighted by Crippen LogP contribution is 2.40. The van der Waals surface area contributed by atoms with E-state index in [9.17, 15) is 4.79 Å². The van der Waals surface area contributed by atoms with Crippen LogP contribution in [-0.4, -0.2) is 29.7 Å². The van der Waals surface area contributed by atoms with Gasteiger partial charge in [-0.05, 0) is 66.1 Å². The number of aromatic nitrogens is 1. The second-order valence-electron chi connectivity index (χ2n) is 8.42. The second kappa shape index (κ2) is 9.39. The number of halogens is 1. The summed E-state index contributed by atoms with van der Waals surface area (Å²) in [5, 5.41) is 3.70. The van der Waals surface area contributed by atoms with Crippen molar-refractivity contribution < 1.29 is 14.3 Å². The standard InChI is InChI=1S/C28H26ClN3O3/c1-18-21(29)9-6-10-22(18)30-28(33)32-17-20-8-4-5-11-23(20)31-15-7-12-24(31)27(32)19-13-14-25(34-2)26(16-19)35-3/h4-16,27H,17H2,1-3H3,(H,30,33)/t27-/m0/s1. The summed E-state index contributed by atoms with van der Waals surface area (Å²) in [5.41, 5.74) is 5.48. The van der Waals surface area contributed by atoms with Gasteiger partial charge >= 0.3 is 6.03 Å². The number of hydrogen-bond donors (Lipinski definition) is 1. The molecular weight excluding hydrogens is 462 g/mol. The Kier molecular flexibility index (Phi) is 6.14. The number of amides is 2. The number of methoxy groups -OCH3 is 2. The van der Waals surface area contributed by atoms with Crippen molar-refractivity contribution in [1.82, 2.24) is 9.47 Å². The van der Waals surface area contributed by atoms with Gasteiger partial charge in [-0.15, -0.1) is 0 Å². The van der Waals surface area contributed by atoms with Gasteiger partial charge < -0.3 is 24.3 Å². The smallest absolute Gasteiger partial charge is 0.322 e. The number of anilines is 1. The van der Waals surface area contributed by atoms with Crippen LogP contribution in [0.5, 0.6) is 11.5 Å². The number of urea groups is 1. The first kappa shape index (κ1) is 22.9.